The second-order valence-electron chi connectivity index (χ2n) is 8.75. The fourth-order valence-corrected chi connectivity index (χ4v) is 3.53. The molecule has 1 aromatic rings. The zero-order valence-corrected chi connectivity index (χ0v) is 21.4. The van der Waals surface area contributed by atoms with Crippen molar-refractivity contribution in [3.05, 3.63) is 34.9 Å². The van der Waals surface area contributed by atoms with Crippen molar-refractivity contribution >= 4 is 36.5 Å². The minimum Gasteiger partial charge on any atom is -0.468 e. The number of nitrogens with one attached hydrogen (secondary N) is 2. The summed E-state index contributed by atoms with van der Waals surface area (Å²) in [5, 5.41) is 14.6. The summed E-state index contributed by atoms with van der Waals surface area (Å²) in [4.78, 5) is 51.7. The monoisotopic (exact) mass is 497 g/mol. The number of rotatable bonds is 10. The van der Waals surface area contributed by atoms with E-state index in [0.29, 0.717) is 5.56 Å². The third-order valence-electron chi connectivity index (χ3n) is 4.55. The fourth-order valence-electron chi connectivity index (χ4n) is 3.28. The summed E-state index contributed by atoms with van der Waals surface area (Å²) in [6, 6.07) is 3.07. The van der Waals surface area contributed by atoms with Crippen LogP contribution in [0.3, 0.4) is 0 Å². The van der Waals surface area contributed by atoms with Crippen LogP contribution in [0.25, 0.3) is 0 Å². The molecule has 2 unspecified atom stereocenters. The van der Waals surface area contributed by atoms with Crippen molar-refractivity contribution in [2.24, 2.45) is 0 Å². The average molecular weight is 498 g/mol. The lowest BCUT2D eigenvalue weighted by atomic mass is 9.98. The number of ether oxygens (including phenoxy) is 2. The van der Waals surface area contributed by atoms with Crippen molar-refractivity contribution < 1.29 is 33.8 Å². The zero-order valence-electron chi connectivity index (χ0n) is 20.5. The molecule has 1 rings (SSSR count). The molecule has 3 N–H and O–H groups in total. The highest BCUT2D eigenvalue weighted by Gasteiger charge is 2.36. The Morgan fingerprint density at radius 2 is 1.71 bits per heavy atom. The van der Waals surface area contributed by atoms with Crippen molar-refractivity contribution in [1.82, 2.24) is 15.5 Å². The predicted octanol–water partition coefficient (Wildman–Crippen LogP) is 1.28. The Balaban J connectivity index is 3.37. The summed E-state index contributed by atoms with van der Waals surface area (Å²) in [5.74, 6) is -2.03. The van der Waals surface area contributed by atoms with E-state index in [9.17, 15) is 24.3 Å². The standard InChI is InChI=1S/C23H35N3O7S/c1-14-9-15(2)11-16(10-14)19(20(29)24-12-18(28)32-6)26(7-8-27)21(30)17(13-34)25-22(31)33-23(3,4)5/h9-11,17,19,27,34H,7-8,12-13H2,1-6H3,(H,24,29)(H,25,31). The maximum atomic E-state index is 13.5. The Morgan fingerprint density at radius 3 is 2.18 bits per heavy atom. The molecule has 0 aromatic heterocycles. The van der Waals surface area contributed by atoms with E-state index in [1.165, 1.54) is 7.11 Å². The number of nitrogens with zero attached hydrogens (tertiary/aromatic N) is 1. The van der Waals surface area contributed by atoms with Gasteiger partial charge in [0.15, 0.2) is 0 Å². The second-order valence-corrected chi connectivity index (χ2v) is 9.12. The highest BCUT2D eigenvalue weighted by atomic mass is 32.1. The van der Waals surface area contributed by atoms with Crippen LogP contribution in [-0.4, -0.2) is 78.1 Å². The van der Waals surface area contributed by atoms with Crippen molar-refractivity contribution in [2.75, 3.05) is 32.6 Å². The normalized spacial score (nSPS) is 12.8. The topological polar surface area (TPSA) is 134 Å². The third-order valence-corrected chi connectivity index (χ3v) is 4.92. The number of carbonyl (C=O) groups is 4. The van der Waals surface area contributed by atoms with Gasteiger partial charge in [0.05, 0.1) is 13.7 Å². The molecule has 1 aromatic carbocycles. The first-order valence-electron chi connectivity index (χ1n) is 10.8. The van der Waals surface area contributed by atoms with Gasteiger partial charge in [-0.25, -0.2) is 4.79 Å². The molecular weight excluding hydrogens is 462 g/mol. The number of aliphatic hydroxyl groups excluding tert-OH is 1. The number of methoxy groups -OCH3 is 1. The molecule has 0 bridgehead atoms. The highest BCUT2D eigenvalue weighted by molar-refractivity contribution is 7.80. The van der Waals surface area contributed by atoms with E-state index in [2.05, 4.69) is 28.0 Å². The van der Waals surface area contributed by atoms with E-state index in [1.54, 1.807) is 32.9 Å². The Bertz CT molecular complexity index is 866. The Labute approximate surface area is 205 Å². The maximum absolute atomic E-state index is 13.5. The molecule has 0 saturated heterocycles. The molecule has 0 aliphatic carbocycles. The SMILES string of the molecule is COC(=O)CNC(=O)C(c1cc(C)cc(C)c1)N(CCO)C(=O)C(CS)NC(=O)OC(C)(C)C. The van der Waals surface area contributed by atoms with Crippen LogP contribution in [0.2, 0.25) is 0 Å². The lowest BCUT2D eigenvalue weighted by Crippen LogP contribution is -2.54. The molecule has 0 aliphatic rings. The highest BCUT2D eigenvalue weighted by Crippen LogP contribution is 2.25. The number of alkyl carbamates (subject to hydrolysis) is 1. The molecule has 3 amide bonds. The van der Waals surface area contributed by atoms with Crippen molar-refractivity contribution in [3.63, 3.8) is 0 Å². The number of hydrogen-bond acceptors (Lipinski definition) is 8. The Kier molecular flexibility index (Phi) is 11.3. The van der Waals surface area contributed by atoms with Crippen LogP contribution in [0.1, 0.15) is 43.5 Å². The van der Waals surface area contributed by atoms with Gasteiger partial charge in [0.2, 0.25) is 11.8 Å². The molecule has 11 heteroatoms. The second kappa shape index (κ2) is 13.2. The summed E-state index contributed by atoms with van der Waals surface area (Å²) in [7, 11) is 1.19. The van der Waals surface area contributed by atoms with Crippen LogP contribution in [0.15, 0.2) is 18.2 Å². The van der Waals surface area contributed by atoms with Gasteiger partial charge in [-0.1, -0.05) is 29.3 Å². The zero-order chi connectivity index (χ0) is 26.1. The van der Waals surface area contributed by atoms with E-state index in [0.717, 1.165) is 16.0 Å². The van der Waals surface area contributed by atoms with Gasteiger partial charge in [0, 0.05) is 12.3 Å². The number of esters is 1. The summed E-state index contributed by atoms with van der Waals surface area (Å²) in [5.41, 5.74) is 1.41. The number of aryl methyl sites for hydroxylation is 2. The van der Waals surface area contributed by atoms with Gasteiger partial charge in [-0.2, -0.15) is 12.6 Å². The van der Waals surface area contributed by atoms with E-state index in [-0.39, 0.29) is 12.3 Å². The molecule has 0 fully saturated rings. The van der Waals surface area contributed by atoms with Crippen LogP contribution in [0.4, 0.5) is 4.79 Å². The average Bonchev–Trinajstić information content (AvgIpc) is 2.73. The van der Waals surface area contributed by atoms with Crippen LogP contribution in [0, 0.1) is 13.8 Å². The molecule has 0 spiro atoms. The van der Waals surface area contributed by atoms with Crippen LogP contribution in [-0.2, 0) is 23.9 Å². The van der Waals surface area contributed by atoms with Crippen molar-refractivity contribution in [3.8, 4) is 0 Å². The number of hydrogen-bond donors (Lipinski definition) is 4. The predicted molar refractivity (Wildman–Crippen MR) is 129 cm³/mol. The molecule has 0 aliphatic heterocycles. The number of benzene rings is 1. The quantitative estimate of drug-likeness (QED) is 0.283. The van der Waals surface area contributed by atoms with Gasteiger partial charge < -0.3 is 30.1 Å². The Hall–Kier alpha value is -2.79. The molecule has 190 valence electrons. The van der Waals surface area contributed by atoms with E-state index >= 15 is 0 Å². The van der Waals surface area contributed by atoms with Gasteiger partial charge in [0.1, 0.15) is 24.2 Å². The number of aliphatic hydroxyl groups is 1. The molecule has 2 atom stereocenters. The number of carbonyl (C=O) groups excluding carboxylic acids is 4. The summed E-state index contributed by atoms with van der Waals surface area (Å²) in [6.45, 7) is 7.70. The summed E-state index contributed by atoms with van der Waals surface area (Å²) in [6.07, 6.45) is -0.818. The van der Waals surface area contributed by atoms with Gasteiger partial charge in [-0.3, -0.25) is 14.4 Å². The van der Waals surface area contributed by atoms with Crippen molar-refractivity contribution in [1.29, 1.82) is 0 Å². The first-order valence-corrected chi connectivity index (χ1v) is 11.4. The van der Waals surface area contributed by atoms with Crippen LogP contribution >= 0.6 is 12.6 Å². The first kappa shape index (κ1) is 29.2. The third kappa shape index (κ3) is 9.22. The molecule has 0 heterocycles. The van der Waals surface area contributed by atoms with Gasteiger partial charge in [0.25, 0.3) is 0 Å². The number of thiol groups is 1. The lowest BCUT2D eigenvalue weighted by Gasteiger charge is -2.34. The summed E-state index contributed by atoms with van der Waals surface area (Å²) >= 11 is 4.18. The smallest absolute Gasteiger partial charge is 0.408 e. The number of amides is 3. The molecule has 10 nitrogen and oxygen atoms in total. The van der Waals surface area contributed by atoms with E-state index in [4.69, 9.17) is 4.74 Å². The molecule has 0 radical (unpaired) electrons. The van der Waals surface area contributed by atoms with Gasteiger partial charge >= 0.3 is 12.1 Å². The Morgan fingerprint density at radius 1 is 1.12 bits per heavy atom. The van der Waals surface area contributed by atoms with E-state index in [1.807, 2.05) is 19.9 Å². The van der Waals surface area contributed by atoms with E-state index < -0.39 is 54.7 Å². The van der Waals surface area contributed by atoms with Gasteiger partial charge in [-0.15, -0.1) is 0 Å². The van der Waals surface area contributed by atoms with Crippen molar-refractivity contribution in [2.45, 2.75) is 52.3 Å². The summed E-state index contributed by atoms with van der Waals surface area (Å²) < 4.78 is 9.80. The molecule has 0 saturated carbocycles. The largest absolute Gasteiger partial charge is 0.468 e. The minimum absolute atomic E-state index is 0.0800. The lowest BCUT2D eigenvalue weighted by molar-refractivity contribution is -0.144. The molecular formula is C23H35N3O7S. The van der Waals surface area contributed by atoms with Gasteiger partial charge in [-0.05, 0) is 40.2 Å². The first-order chi connectivity index (χ1) is 15.8. The van der Waals surface area contributed by atoms with Crippen LogP contribution in [0.5, 0.6) is 0 Å². The minimum atomic E-state index is -1.19. The maximum Gasteiger partial charge on any atom is 0.408 e. The van der Waals surface area contributed by atoms with Crippen LogP contribution < -0.4 is 10.6 Å². The fraction of sp³-hybridized carbons (Fsp3) is 0.565. The molecule has 34 heavy (non-hydrogen) atoms.